The number of fused-ring (bicyclic) bond motifs is 3. The molecule has 17 nitrogen and oxygen atoms in total. The van der Waals surface area contributed by atoms with Crippen LogP contribution in [0.5, 0.6) is 5.75 Å². The molecule has 11 rings (SSSR count). The number of aromatic nitrogens is 7. The molecule has 0 spiro atoms. The van der Waals surface area contributed by atoms with Gasteiger partial charge in [-0.2, -0.15) is 0 Å². The molecule has 4 atom stereocenters. The third-order valence-electron chi connectivity index (χ3n) is 16.2. The number of nitrogens with one attached hydrogen (secondary N) is 2. The summed E-state index contributed by atoms with van der Waals surface area (Å²) in [6.45, 7) is 14.3. The normalized spacial score (nSPS) is 20.4. The number of likely N-dealkylation sites (tertiary alicyclic amines) is 2. The van der Waals surface area contributed by atoms with E-state index in [1.54, 1.807) is 23.5 Å². The SMILES string of the molecule is Cc1ncsc1-c1ccc(CNC(=O)[C@@H]2C[C@@H](O)CN2C(=O)[C@@H](c2cc(N3CCC(CCN4CCC(c5cnc(N6CCc7[nH]c8nnc(-c9ccccc9O)cc8c7[C@H]6C)nc5)CC4)CC3)no2)C(C)C)cc1. The number of aromatic hydroxyl groups is 1. The third-order valence-corrected chi connectivity index (χ3v) is 17.1. The molecular weight excluding hydrogens is 953 g/mol. The first-order valence-electron chi connectivity index (χ1n) is 26.4. The van der Waals surface area contributed by atoms with Gasteiger partial charge in [0.05, 0.1) is 33.9 Å². The summed E-state index contributed by atoms with van der Waals surface area (Å²) in [4.78, 5) is 55.4. The van der Waals surface area contributed by atoms with Crippen molar-refractivity contribution < 1.29 is 24.3 Å². The summed E-state index contributed by atoms with van der Waals surface area (Å²) in [5.41, 5.74) is 10.4. The van der Waals surface area contributed by atoms with Crippen LogP contribution in [0.15, 0.2) is 83.1 Å². The van der Waals surface area contributed by atoms with E-state index in [1.165, 1.54) is 16.0 Å². The van der Waals surface area contributed by atoms with E-state index in [9.17, 15) is 19.8 Å². The lowest BCUT2D eigenvalue weighted by molar-refractivity contribution is -0.141. The fraction of sp³-hybridized carbons (Fsp3) is 0.464. The van der Waals surface area contributed by atoms with Gasteiger partial charge in [0.25, 0.3) is 0 Å². The van der Waals surface area contributed by atoms with Crippen LogP contribution in [0.4, 0.5) is 11.8 Å². The van der Waals surface area contributed by atoms with Gasteiger partial charge in [-0.25, -0.2) is 15.0 Å². The van der Waals surface area contributed by atoms with E-state index in [1.807, 2.05) is 87.2 Å². The van der Waals surface area contributed by atoms with E-state index < -0.39 is 18.1 Å². The number of thiazole rings is 1. The van der Waals surface area contributed by atoms with Crippen molar-refractivity contribution in [3.8, 4) is 27.4 Å². The van der Waals surface area contributed by atoms with Crippen LogP contribution in [0, 0.1) is 18.8 Å². The molecule has 3 saturated heterocycles. The topological polar surface area (TPSA) is 206 Å². The summed E-state index contributed by atoms with van der Waals surface area (Å²) < 4.78 is 5.93. The minimum absolute atomic E-state index is 0.0283. The molecule has 0 saturated carbocycles. The summed E-state index contributed by atoms with van der Waals surface area (Å²) in [5, 5.41) is 38.6. The van der Waals surface area contributed by atoms with E-state index >= 15 is 0 Å². The Morgan fingerprint density at radius 1 is 0.946 bits per heavy atom. The number of nitrogens with zero attached hydrogens (tertiary/aromatic N) is 10. The number of aliphatic hydroxyl groups is 1. The molecule has 4 aliphatic rings. The van der Waals surface area contributed by atoms with E-state index in [0.717, 1.165) is 128 Å². The molecule has 4 aliphatic heterocycles. The van der Waals surface area contributed by atoms with Crippen LogP contribution < -0.4 is 15.1 Å². The zero-order chi connectivity index (χ0) is 51.0. The molecule has 18 heteroatoms. The van der Waals surface area contributed by atoms with Gasteiger partial charge in [-0.3, -0.25) is 9.59 Å². The van der Waals surface area contributed by atoms with Gasteiger partial charge in [-0.05, 0) is 118 Å². The number of β-amino-alcohol motifs (C(OH)–C–C–N with tert-alkyl or cyclic N) is 1. The maximum absolute atomic E-state index is 14.3. The van der Waals surface area contributed by atoms with Crippen LogP contribution in [0.1, 0.15) is 111 Å². The van der Waals surface area contributed by atoms with Crippen molar-refractivity contribution in [2.75, 3.05) is 55.6 Å². The molecule has 0 radical (unpaired) electrons. The number of piperidine rings is 2. The van der Waals surface area contributed by atoms with E-state index in [-0.39, 0.29) is 42.5 Å². The van der Waals surface area contributed by atoms with Crippen molar-refractivity contribution in [1.29, 1.82) is 0 Å². The van der Waals surface area contributed by atoms with Gasteiger partial charge in [0.2, 0.25) is 17.8 Å². The highest BCUT2D eigenvalue weighted by molar-refractivity contribution is 7.13. The third kappa shape index (κ3) is 10.1. The lowest BCUT2D eigenvalue weighted by atomic mass is 9.89. The Labute approximate surface area is 435 Å². The number of carbonyl (C=O) groups is 2. The van der Waals surface area contributed by atoms with Crippen LogP contribution in [0.25, 0.3) is 32.7 Å². The first-order valence-corrected chi connectivity index (χ1v) is 27.3. The number of rotatable bonds is 14. The second kappa shape index (κ2) is 21.2. The molecule has 0 bridgehead atoms. The Morgan fingerprint density at radius 3 is 2.45 bits per heavy atom. The molecule has 2 amide bonds. The number of amides is 2. The van der Waals surface area contributed by atoms with Crippen LogP contribution in [0.3, 0.4) is 0 Å². The first-order chi connectivity index (χ1) is 35.9. The molecule has 5 aromatic heterocycles. The van der Waals surface area contributed by atoms with Crippen LogP contribution in [-0.4, -0.2) is 125 Å². The minimum Gasteiger partial charge on any atom is -0.507 e. The number of H-pyrrole nitrogens is 1. The molecule has 4 N–H and O–H groups in total. The predicted octanol–water partition coefficient (Wildman–Crippen LogP) is 8.17. The van der Waals surface area contributed by atoms with Crippen molar-refractivity contribution in [3.05, 3.63) is 112 Å². The zero-order valence-electron chi connectivity index (χ0n) is 42.7. The maximum atomic E-state index is 14.3. The number of benzene rings is 2. The molecule has 9 heterocycles. The number of aromatic amines is 1. The van der Waals surface area contributed by atoms with Crippen molar-refractivity contribution >= 4 is 46.0 Å². The number of hydrogen-bond acceptors (Lipinski definition) is 15. The van der Waals surface area contributed by atoms with E-state index in [2.05, 4.69) is 52.3 Å². The van der Waals surface area contributed by atoms with Crippen molar-refractivity contribution in [2.24, 2.45) is 11.8 Å². The number of phenols is 1. The lowest BCUT2D eigenvalue weighted by Gasteiger charge is -2.35. The van der Waals surface area contributed by atoms with Gasteiger partial charge in [-0.15, -0.1) is 21.5 Å². The van der Waals surface area contributed by atoms with Crippen LogP contribution in [-0.2, 0) is 22.6 Å². The van der Waals surface area contributed by atoms with Crippen molar-refractivity contribution in [3.63, 3.8) is 0 Å². The Hall–Kier alpha value is -6.76. The van der Waals surface area contributed by atoms with Gasteiger partial charge in [0, 0.05) is 86.2 Å². The quantitative estimate of drug-likeness (QED) is 0.0812. The fourth-order valence-electron chi connectivity index (χ4n) is 11.9. The summed E-state index contributed by atoms with van der Waals surface area (Å²) in [6, 6.07) is 18.4. The number of phenolic OH excluding ortho intramolecular Hbond substituents is 1. The molecule has 0 unspecified atom stereocenters. The molecule has 2 aromatic carbocycles. The van der Waals surface area contributed by atoms with Gasteiger partial charge in [-0.1, -0.05) is 55.4 Å². The predicted molar refractivity (Wildman–Crippen MR) is 285 cm³/mol. The smallest absolute Gasteiger partial charge is 0.243 e. The molecule has 74 heavy (non-hydrogen) atoms. The summed E-state index contributed by atoms with van der Waals surface area (Å²) in [6.07, 6.45) is 9.77. The van der Waals surface area contributed by atoms with Crippen molar-refractivity contribution in [2.45, 2.75) is 109 Å². The highest BCUT2D eigenvalue weighted by atomic mass is 32.1. The number of hydrogen-bond donors (Lipinski definition) is 4. The highest BCUT2D eigenvalue weighted by Crippen LogP contribution is 2.40. The Kier molecular flexibility index (Phi) is 14.2. The molecule has 7 aromatic rings. The average molecular weight is 1020 g/mol. The van der Waals surface area contributed by atoms with Gasteiger partial charge in [0.1, 0.15) is 17.7 Å². The highest BCUT2D eigenvalue weighted by Gasteiger charge is 2.43. The Balaban J connectivity index is 0.633. The van der Waals surface area contributed by atoms with Gasteiger partial charge < -0.3 is 44.6 Å². The van der Waals surface area contributed by atoms with E-state index in [4.69, 9.17) is 14.5 Å². The Morgan fingerprint density at radius 2 is 1.72 bits per heavy atom. The maximum Gasteiger partial charge on any atom is 0.243 e. The van der Waals surface area contributed by atoms with Gasteiger partial charge >= 0.3 is 0 Å². The zero-order valence-corrected chi connectivity index (χ0v) is 43.5. The average Bonchev–Trinajstić information content (AvgIpc) is 4.25. The van der Waals surface area contributed by atoms with Crippen LogP contribution >= 0.6 is 11.3 Å². The Bertz CT molecular complexity index is 3080. The minimum atomic E-state index is -0.791. The fourth-order valence-corrected chi connectivity index (χ4v) is 12.7. The summed E-state index contributed by atoms with van der Waals surface area (Å²) in [7, 11) is 0. The lowest BCUT2D eigenvalue weighted by Crippen LogP contribution is -2.48. The van der Waals surface area contributed by atoms with Crippen molar-refractivity contribution in [1.82, 2.24) is 50.4 Å². The number of para-hydroxylation sites is 1. The number of anilines is 2. The number of aliphatic hydroxyl groups excluding tert-OH is 1. The number of aryl methyl sites for hydroxylation is 1. The van der Waals surface area contributed by atoms with E-state index in [0.29, 0.717) is 35.4 Å². The molecule has 0 aliphatic carbocycles. The van der Waals surface area contributed by atoms with Crippen LogP contribution in [0.2, 0.25) is 0 Å². The molecule has 3 fully saturated rings. The van der Waals surface area contributed by atoms with Gasteiger partial charge in [0.15, 0.2) is 17.2 Å². The second-order valence-corrected chi connectivity index (χ2v) is 22.0. The molecule has 386 valence electrons. The second-order valence-electron chi connectivity index (χ2n) is 21.2. The number of carbonyl (C=O) groups excluding carboxylic acids is 2. The standard InChI is InChI=1S/C56H66N12O5S/c1-33(2)50(55(72)68-31-41(69)25-46(68)54(71)57-28-37-9-11-39(12-10-37)52-34(3)60-32-74-52)48-27-49(64-73-48)66-22-14-36(15-23-66)13-19-65-20-16-38(17-21-65)40-29-58-56(59-30-40)67-24-18-44-51(35(67)4)43-26-45(62-63-53(43)61-44)42-7-5-6-8-47(42)70/h5-12,26-27,29-30,32-33,35-36,38,41,46,50,69-70H,13-25,28,31H2,1-4H3,(H,57,71)(H,61,63)/t35-,41-,46+,50-/m1/s1. The summed E-state index contributed by atoms with van der Waals surface area (Å²) in [5.74, 6) is 1.94. The molecular formula is C56H66N12O5S. The largest absolute Gasteiger partial charge is 0.507 e. The monoisotopic (exact) mass is 1020 g/mol. The summed E-state index contributed by atoms with van der Waals surface area (Å²) >= 11 is 1.60. The first kappa shape index (κ1) is 49.5.